The molecular formula is C21H25NO4. The van der Waals surface area contributed by atoms with Gasteiger partial charge < -0.3 is 14.4 Å². The largest absolute Gasteiger partial charge is 0.465 e. The van der Waals surface area contributed by atoms with Crippen LogP contribution in [0, 0.1) is 11.8 Å². The van der Waals surface area contributed by atoms with Crippen LogP contribution in [0.1, 0.15) is 32.3 Å². The molecular weight excluding hydrogens is 330 g/mol. The summed E-state index contributed by atoms with van der Waals surface area (Å²) < 4.78 is 11.5. The third kappa shape index (κ3) is 2.57. The van der Waals surface area contributed by atoms with E-state index in [2.05, 4.69) is 6.92 Å². The summed E-state index contributed by atoms with van der Waals surface area (Å²) in [5, 5.41) is 0. The number of rotatable bonds is 6. The zero-order chi connectivity index (χ0) is 18.3. The third-order valence-electron chi connectivity index (χ3n) is 5.77. The Morgan fingerprint density at radius 2 is 2.08 bits per heavy atom. The highest BCUT2D eigenvalue weighted by atomic mass is 16.6. The van der Waals surface area contributed by atoms with E-state index in [4.69, 9.17) is 9.47 Å². The van der Waals surface area contributed by atoms with Gasteiger partial charge in [-0.1, -0.05) is 44.6 Å². The van der Waals surface area contributed by atoms with Crippen molar-refractivity contribution in [2.75, 3.05) is 18.1 Å². The quantitative estimate of drug-likeness (QED) is 0.447. The molecule has 5 nitrogen and oxygen atoms in total. The van der Waals surface area contributed by atoms with Crippen LogP contribution >= 0.6 is 0 Å². The van der Waals surface area contributed by atoms with Crippen LogP contribution in [0.4, 0.5) is 5.69 Å². The molecule has 1 aromatic carbocycles. The second-order valence-electron chi connectivity index (χ2n) is 7.37. The molecule has 2 bridgehead atoms. The molecule has 26 heavy (non-hydrogen) atoms. The molecule has 1 amide bonds. The molecule has 5 heteroatoms. The number of ether oxygens (including phenoxy) is 2. The second-order valence-corrected chi connectivity index (χ2v) is 7.37. The van der Waals surface area contributed by atoms with Crippen LogP contribution in [0.5, 0.6) is 0 Å². The summed E-state index contributed by atoms with van der Waals surface area (Å²) in [6.45, 7) is 5.01. The topological polar surface area (TPSA) is 55.8 Å². The Bertz CT molecular complexity index is 741. The maximum Gasteiger partial charge on any atom is 0.312 e. The van der Waals surface area contributed by atoms with Crippen LogP contribution < -0.4 is 4.90 Å². The normalized spacial score (nSPS) is 31.5. The summed E-state index contributed by atoms with van der Waals surface area (Å²) in [5.74, 6) is -1.38. The van der Waals surface area contributed by atoms with Crippen molar-refractivity contribution in [1.29, 1.82) is 0 Å². The molecule has 3 aliphatic heterocycles. The van der Waals surface area contributed by atoms with E-state index in [1.807, 2.05) is 43.3 Å². The molecule has 0 saturated carbocycles. The predicted molar refractivity (Wildman–Crippen MR) is 97.8 cm³/mol. The van der Waals surface area contributed by atoms with Gasteiger partial charge in [-0.15, -0.1) is 0 Å². The van der Waals surface area contributed by atoms with Gasteiger partial charge in [0.2, 0.25) is 5.91 Å². The van der Waals surface area contributed by atoms with E-state index in [1.165, 1.54) is 5.56 Å². The van der Waals surface area contributed by atoms with Crippen LogP contribution in [0.25, 0.3) is 0 Å². The van der Waals surface area contributed by atoms with Crippen LogP contribution in [0.3, 0.4) is 0 Å². The average Bonchev–Trinajstić information content (AvgIpc) is 3.30. The molecule has 2 saturated heterocycles. The lowest BCUT2D eigenvalue weighted by molar-refractivity contribution is -0.152. The van der Waals surface area contributed by atoms with Crippen molar-refractivity contribution >= 4 is 17.6 Å². The number of fused-ring (bicyclic) bond motifs is 1. The van der Waals surface area contributed by atoms with E-state index < -0.39 is 17.4 Å². The number of amides is 1. The van der Waals surface area contributed by atoms with E-state index in [9.17, 15) is 9.59 Å². The van der Waals surface area contributed by atoms with Crippen molar-refractivity contribution in [3.8, 4) is 0 Å². The molecule has 1 unspecified atom stereocenters. The summed E-state index contributed by atoms with van der Waals surface area (Å²) >= 11 is 0. The zero-order valence-corrected chi connectivity index (χ0v) is 15.3. The van der Waals surface area contributed by atoms with E-state index in [-0.39, 0.29) is 18.0 Å². The lowest BCUT2D eigenvalue weighted by atomic mass is 9.77. The van der Waals surface area contributed by atoms with Crippen LogP contribution in [-0.2, 0) is 25.5 Å². The SMILES string of the molecule is CCCCOC(=O)C1[C@H]2C(=O)N(c3ccc(CC)cc3)C[C@]23C=C[C@H]1O3. The Hall–Kier alpha value is -2.14. The number of unbranched alkanes of at least 4 members (excludes halogenated alkanes) is 1. The smallest absolute Gasteiger partial charge is 0.312 e. The first kappa shape index (κ1) is 17.3. The summed E-state index contributed by atoms with van der Waals surface area (Å²) in [7, 11) is 0. The average molecular weight is 355 g/mol. The molecule has 4 rings (SSSR count). The number of esters is 1. The van der Waals surface area contributed by atoms with Gasteiger partial charge in [0, 0.05) is 5.69 Å². The highest BCUT2D eigenvalue weighted by Crippen LogP contribution is 2.52. The molecule has 1 aromatic rings. The Labute approximate surface area is 154 Å². The second kappa shape index (κ2) is 6.54. The highest BCUT2D eigenvalue weighted by Gasteiger charge is 2.67. The first-order valence-corrected chi connectivity index (χ1v) is 9.54. The lowest BCUT2D eigenvalue weighted by Crippen LogP contribution is -2.40. The minimum atomic E-state index is -0.695. The van der Waals surface area contributed by atoms with E-state index in [0.717, 1.165) is 24.9 Å². The van der Waals surface area contributed by atoms with Crippen molar-refractivity contribution < 1.29 is 19.1 Å². The van der Waals surface area contributed by atoms with Crippen molar-refractivity contribution in [2.24, 2.45) is 11.8 Å². The fourth-order valence-corrected chi connectivity index (χ4v) is 4.31. The number of hydrogen-bond donors (Lipinski definition) is 0. The van der Waals surface area contributed by atoms with Crippen LogP contribution in [-0.4, -0.2) is 36.7 Å². The number of aryl methyl sites for hydroxylation is 1. The van der Waals surface area contributed by atoms with Crippen molar-refractivity contribution in [1.82, 2.24) is 0 Å². The minimum absolute atomic E-state index is 0.0430. The van der Waals surface area contributed by atoms with Crippen molar-refractivity contribution in [3.05, 3.63) is 42.0 Å². The molecule has 2 fully saturated rings. The van der Waals surface area contributed by atoms with Gasteiger partial charge in [0.1, 0.15) is 11.5 Å². The molecule has 0 aliphatic carbocycles. The lowest BCUT2D eigenvalue weighted by Gasteiger charge is -2.22. The third-order valence-corrected chi connectivity index (χ3v) is 5.77. The molecule has 4 atom stereocenters. The zero-order valence-electron chi connectivity index (χ0n) is 15.3. The highest BCUT2D eigenvalue weighted by molar-refractivity contribution is 6.02. The van der Waals surface area contributed by atoms with Gasteiger partial charge in [-0.3, -0.25) is 9.59 Å². The first-order chi connectivity index (χ1) is 12.6. The maximum atomic E-state index is 13.2. The molecule has 0 N–H and O–H groups in total. The molecule has 0 radical (unpaired) electrons. The Morgan fingerprint density at radius 1 is 1.31 bits per heavy atom. The number of anilines is 1. The van der Waals surface area contributed by atoms with Gasteiger partial charge in [-0.2, -0.15) is 0 Å². The first-order valence-electron chi connectivity index (χ1n) is 9.54. The molecule has 0 aromatic heterocycles. The number of nitrogens with zero attached hydrogens (tertiary/aromatic N) is 1. The molecule has 138 valence electrons. The van der Waals surface area contributed by atoms with Crippen LogP contribution in [0.2, 0.25) is 0 Å². The van der Waals surface area contributed by atoms with E-state index in [1.54, 1.807) is 4.90 Å². The fourth-order valence-electron chi connectivity index (χ4n) is 4.31. The van der Waals surface area contributed by atoms with Crippen LogP contribution in [0.15, 0.2) is 36.4 Å². The summed E-state index contributed by atoms with van der Waals surface area (Å²) in [6.07, 6.45) is 6.29. The Balaban J connectivity index is 1.57. The van der Waals surface area contributed by atoms with E-state index in [0.29, 0.717) is 13.2 Å². The van der Waals surface area contributed by atoms with Gasteiger partial charge in [0.05, 0.1) is 25.2 Å². The number of benzene rings is 1. The number of carbonyl (C=O) groups is 2. The maximum absolute atomic E-state index is 13.2. The summed E-state index contributed by atoms with van der Waals surface area (Å²) in [4.78, 5) is 27.5. The van der Waals surface area contributed by atoms with Crippen molar-refractivity contribution in [3.63, 3.8) is 0 Å². The summed E-state index contributed by atoms with van der Waals surface area (Å²) in [5.41, 5.74) is 1.39. The number of carbonyl (C=O) groups excluding carboxylic acids is 2. The van der Waals surface area contributed by atoms with Gasteiger partial charge in [0.15, 0.2) is 0 Å². The van der Waals surface area contributed by atoms with Gasteiger partial charge in [-0.25, -0.2) is 0 Å². The van der Waals surface area contributed by atoms with Gasteiger partial charge in [0.25, 0.3) is 0 Å². The molecule has 1 spiro atoms. The van der Waals surface area contributed by atoms with E-state index >= 15 is 0 Å². The summed E-state index contributed by atoms with van der Waals surface area (Å²) in [6, 6.07) is 8.02. The Kier molecular flexibility index (Phi) is 4.35. The predicted octanol–water partition coefficient (Wildman–Crippen LogP) is 2.88. The monoisotopic (exact) mass is 355 g/mol. The molecule has 3 heterocycles. The van der Waals surface area contributed by atoms with Gasteiger partial charge in [-0.05, 0) is 30.5 Å². The van der Waals surface area contributed by atoms with Gasteiger partial charge >= 0.3 is 5.97 Å². The molecule has 3 aliphatic rings. The number of hydrogen-bond acceptors (Lipinski definition) is 4. The standard InChI is InChI=1S/C21H25NO4/c1-3-5-12-25-20(24)17-16-10-11-21(26-16)13-22(19(23)18(17)21)15-8-6-14(4-2)7-9-15/h6-11,16-18H,3-5,12-13H2,1-2H3/t16-,17?,18+,21-/m1/s1. The van der Waals surface area contributed by atoms with Crippen molar-refractivity contribution in [2.45, 2.75) is 44.8 Å². The fraction of sp³-hybridized carbons (Fsp3) is 0.524. The Morgan fingerprint density at radius 3 is 2.77 bits per heavy atom. The minimum Gasteiger partial charge on any atom is -0.465 e.